The standard InChI is InChI=1S/C22H24N4O2/c1-16-15-25(18-6-4-3-5-7-18)12-13-26(16)22(27)21-14-20(23-24-21)17-8-10-19(28-2)11-9-17/h3-11,14,16H,12-13,15H2,1-2H3,(H,23,24). The van der Waals surface area contributed by atoms with Crippen LogP contribution in [0.2, 0.25) is 0 Å². The number of rotatable bonds is 4. The summed E-state index contributed by atoms with van der Waals surface area (Å²) in [5.74, 6) is 0.785. The fourth-order valence-electron chi connectivity index (χ4n) is 3.63. The first kappa shape index (κ1) is 18.1. The molecule has 0 spiro atoms. The topological polar surface area (TPSA) is 61.5 Å². The van der Waals surface area contributed by atoms with Gasteiger partial charge in [0.15, 0.2) is 0 Å². The van der Waals surface area contributed by atoms with E-state index in [2.05, 4.69) is 34.2 Å². The van der Waals surface area contributed by atoms with Gasteiger partial charge in [0.25, 0.3) is 5.91 Å². The minimum atomic E-state index is -0.00697. The molecule has 2 aromatic carbocycles. The van der Waals surface area contributed by atoms with Crippen molar-refractivity contribution in [3.8, 4) is 17.0 Å². The number of aromatic nitrogens is 2. The van der Waals surface area contributed by atoms with E-state index in [-0.39, 0.29) is 11.9 Å². The maximum absolute atomic E-state index is 13.0. The van der Waals surface area contributed by atoms with Gasteiger partial charge in [0.2, 0.25) is 0 Å². The summed E-state index contributed by atoms with van der Waals surface area (Å²) in [4.78, 5) is 17.3. The lowest BCUT2D eigenvalue weighted by atomic mass is 10.1. The number of hydrogen-bond donors (Lipinski definition) is 1. The minimum absolute atomic E-state index is 0.00697. The van der Waals surface area contributed by atoms with Crippen molar-refractivity contribution in [3.05, 3.63) is 66.4 Å². The SMILES string of the molecule is COc1ccc(-c2cc(C(=O)N3CCN(c4ccccc4)CC3C)[nH]n2)cc1. The Balaban J connectivity index is 1.45. The molecule has 1 atom stereocenters. The van der Waals surface area contributed by atoms with E-state index in [9.17, 15) is 4.79 Å². The smallest absolute Gasteiger partial charge is 0.272 e. The molecular weight excluding hydrogens is 352 g/mol. The highest BCUT2D eigenvalue weighted by Gasteiger charge is 2.29. The fraction of sp³-hybridized carbons (Fsp3) is 0.273. The highest BCUT2D eigenvalue weighted by molar-refractivity contribution is 5.93. The van der Waals surface area contributed by atoms with Crippen LogP contribution in [-0.2, 0) is 0 Å². The predicted molar refractivity (Wildman–Crippen MR) is 110 cm³/mol. The summed E-state index contributed by atoms with van der Waals surface area (Å²) in [7, 11) is 1.64. The molecule has 144 valence electrons. The first-order valence-electron chi connectivity index (χ1n) is 9.46. The van der Waals surface area contributed by atoms with Gasteiger partial charge in [-0.3, -0.25) is 9.89 Å². The highest BCUT2D eigenvalue weighted by Crippen LogP contribution is 2.23. The zero-order chi connectivity index (χ0) is 19.5. The van der Waals surface area contributed by atoms with Crippen molar-refractivity contribution < 1.29 is 9.53 Å². The van der Waals surface area contributed by atoms with Crippen LogP contribution in [0.25, 0.3) is 11.3 Å². The Labute approximate surface area is 164 Å². The Hall–Kier alpha value is -3.28. The molecule has 1 fully saturated rings. The number of amides is 1. The van der Waals surface area contributed by atoms with E-state index >= 15 is 0 Å². The van der Waals surface area contributed by atoms with E-state index in [4.69, 9.17) is 4.74 Å². The Morgan fingerprint density at radius 3 is 2.54 bits per heavy atom. The predicted octanol–water partition coefficient (Wildman–Crippen LogP) is 3.44. The van der Waals surface area contributed by atoms with Gasteiger partial charge in [0.05, 0.1) is 12.8 Å². The first-order chi connectivity index (χ1) is 13.7. The number of anilines is 1. The van der Waals surface area contributed by atoms with Crippen LogP contribution in [0.4, 0.5) is 5.69 Å². The first-order valence-corrected chi connectivity index (χ1v) is 9.46. The minimum Gasteiger partial charge on any atom is -0.497 e. The maximum Gasteiger partial charge on any atom is 0.272 e. The second kappa shape index (κ2) is 7.76. The quantitative estimate of drug-likeness (QED) is 0.758. The summed E-state index contributed by atoms with van der Waals surface area (Å²) < 4.78 is 5.19. The molecule has 0 aliphatic carbocycles. The Bertz CT molecular complexity index is 937. The van der Waals surface area contributed by atoms with E-state index in [1.165, 1.54) is 5.69 Å². The average Bonchev–Trinajstić information content (AvgIpc) is 3.24. The van der Waals surface area contributed by atoms with E-state index in [1.54, 1.807) is 7.11 Å². The number of piperazine rings is 1. The summed E-state index contributed by atoms with van der Waals surface area (Å²) in [6, 6.07) is 19.9. The molecule has 1 aliphatic rings. The van der Waals surface area contributed by atoms with Gasteiger partial charge in [-0.1, -0.05) is 18.2 Å². The Kier molecular flexibility index (Phi) is 5.02. The molecule has 0 saturated carbocycles. The molecule has 1 aliphatic heterocycles. The lowest BCUT2D eigenvalue weighted by Crippen LogP contribution is -2.54. The normalized spacial score (nSPS) is 16.9. The molecule has 1 aromatic heterocycles. The van der Waals surface area contributed by atoms with Crippen molar-refractivity contribution in [2.75, 3.05) is 31.6 Å². The zero-order valence-electron chi connectivity index (χ0n) is 16.1. The largest absolute Gasteiger partial charge is 0.497 e. The third kappa shape index (κ3) is 3.58. The third-order valence-corrected chi connectivity index (χ3v) is 5.20. The van der Waals surface area contributed by atoms with Gasteiger partial charge in [-0.15, -0.1) is 0 Å². The fourth-order valence-corrected chi connectivity index (χ4v) is 3.63. The van der Waals surface area contributed by atoms with Gasteiger partial charge in [-0.2, -0.15) is 5.10 Å². The molecule has 2 heterocycles. The molecular formula is C22H24N4O2. The second-order valence-electron chi connectivity index (χ2n) is 7.02. The highest BCUT2D eigenvalue weighted by atomic mass is 16.5. The van der Waals surface area contributed by atoms with E-state index in [0.717, 1.165) is 30.1 Å². The van der Waals surface area contributed by atoms with Crippen LogP contribution in [0.1, 0.15) is 17.4 Å². The molecule has 6 heteroatoms. The average molecular weight is 376 g/mol. The lowest BCUT2D eigenvalue weighted by Gasteiger charge is -2.40. The molecule has 6 nitrogen and oxygen atoms in total. The number of nitrogens with zero attached hydrogens (tertiary/aromatic N) is 3. The maximum atomic E-state index is 13.0. The van der Waals surface area contributed by atoms with Gasteiger partial charge < -0.3 is 14.5 Å². The van der Waals surface area contributed by atoms with E-state index in [1.807, 2.05) is 53.4 Å². The van der Waals surface area contributed by atoms with Crippen molar-refractivity contribution in [1.82, 2.24) is 15.1 Å². The van der Waals surface area contributed by atoms with Crippen molar-refractivity contribution in [2.24, 2.45) is 0 Å². The van der Waals surface area contributed by atoms with Crippen LogP contribution in [0.15, 0.2) is 60.7 Å². The molecule has 0 bridgehead atoms. The molecule has 3 aromatic rings. The summed E-state index contributed by atoms with van der Waals surface area (Å²) >= 11 is 0. The molecule has 0 radical (unpaired) electrons. The monoisotopic (exact) mass is 376 g/mol. The number of methoxy groups -OCH3 is 1. The van der Waals surface area contributed by atoms with Crippen molar-refractivity contribution >= 4 is 11.6 Å². The molecule has 4 rings (SSSR count). The molecule has 1 N–H and O–H groups in total. The van der Waals surface area contributed by atoms with Crippen molar-refractivity contribution in [1.29, 1.82) is 0 Å². The Morgan fingerprint density at radius 2 is 1.86 bits per heavy atom. The summed E-state index contributed by atoms with van der Waals surface area (Å²) in [6.45, 7) is 4.41. The van der Waals surface area contributed by atoms with Gasteiger partial charge >= 0.3 is 0 Å². The number of ether oxygens (including phenoxy) is 1. The number of para-hydroxylation sites is 1. The zero-order valence-corrected chi connectivity index (χ0v) is 16.1. The van der Waals surface area contributed by atoms with E-state index < -0.39 is 0 Å². The number of carbonyl (C=O) groups excluding carboxylic acids is 1. The number of H-pyrrole nitrogens is 1. The van der Waals surface area contributed by atoms with Crippen LogP contribution in [-0.4, -0.2) is 53.8 Å². The number of benzene rings is 2. The third-order valence-electron chi connectivity index (χ3n) is 5.20. The summed E-state index contributed by atoms with van der Waals surface area (Å²) in [6.07, 6.45) is 0. The molecule has 1 amide bonds. The van der Waals surface area contributed by atoms with Gasteiger partial charge in [-0.05, 0) is 49.4 Å². The van der Waals surface area contributed by atoms with Crippen LogP contribution < -0.4 is 9.64 Å². The molecule has 1 saturated heterocycles. The number of hydrogen-bond acceptors (Lipinski definition) is 4. The van der Waals surface area contributed by atoms with Crippen LogP contribution in [0.5, 0.6) is 5.75 Å². The van der Waals surface area contributed by atoms with Crippen LogP contribution in [0, 0.1) is 0 Å². The van der Waals surface area contributed by atoms with E-state index in [0.29, 0.717) is 12.2 Å². The number of nitrogens with one attached hydrogen (secondary N) is 1. The molecule has 1 unspecified atom stereocenters. The van der Waals surface area contributed by atoms with Crippen molar-refractivity contribution in [3.63, 3.8) is 0 Å². The number of aromatic amines is 1. The van der Waals surface area contributed by atoms with Gasteiger partial charge in [0.1, 0.15) is 11.4 Å². The van der Waals surface area contributed by atoms with Gasteiger partial charge in [-0.25, -0.2) is 0 Å². The number of carbonyl (C=O) groups is 1. The lowest BCUT2D eigenvalue weighted by molar-refractivity contribution is 0.0668. The van der Waals surface area contributed by atoms with Gasteiger partial charge in [0, 0.05) is 36.9 Å². The summed E-state index contributed by atoms with van der Waals surface area (Å²) in [5.41, 5.74) is 3.41. The van der Waals surface area contributed by atoms with Crippen molar-refractivity contribution in [2.45, 2.75) is 13.0 Å². The molecule has 28 heavy (non-hydrogen) atoms. The summed E-state index contributed by atoms with van der Waals surface area (Å²) in [5, 5.41) is 7.23. The van der Waals surface area contributed by atoms with Crippen LogP contribution in [0.3, 0.4) is 0 Å². The second-order valence-corrected chi connectivity index (χ2v) is 7.02. The Morgan fingerprint density at radius 1 is 1.11 bits per heavy atom. The van der Waals surface area contributed by atoms with Crippen LogP contribution >= 0.6 is 0 Å².